The summed E-state index contributed by atoms with van der Waals surface area (Å²) in [6, 6.07) is 7.71. The van der Waals surface area contributed by atoms with Gasteiger partial charge in [-0.2, -0.15) is 0 Å². The van der Waals surface area contributed by atoms with Gasteiger partial charge >= 0.3 is 12.2 Å². The molecule has 0 aliphatic carbocycles. The molecule has 4 saturated heterocycles. The van der Waals surface area contributed by atoms with E-state index in [1.54, 1.807) is 18.3 Å². The van der Waals surface area contributed by atoms with E-state index in [1.807, 2.05) is 68.5 Å². The molecule has 2 spiro atoms. The van der Waals surface area contributed by atoms with Crippen molar-refractivity contribution in [3.05, 3.63) is 47.8 Å². The lowest BCUT2D eigenvalue weighted by atomic mass is 9.71. The van der Waals surface area contributed by atoms with Gasteiger partial charge in [0.05, 0.1) is 13.2 Å². The van der Waals surface area contributed by atoms with Gasteiger partial charge in [-0.15, -0.1) is 0 Å². The van der Waals surface area contributed by atoms with Crippen LogP contribution in [0.25, 0.3) is 0 Å². The van der Waals surface area contributed by atoms with Crippen LogP contribution in [-0.4, -0.2) is 124 Å². The number of carbonyl (C=O) groups is 3. The molecule has 2 aromatic rings. The largest absolute Gasteiger partial charge is 0.477 e. The Morgan fingerprint density at radius 2 is 0.984 bits per heavy atom. The SMILES string of the molecule is CC(C)COc1ncccc1C(=O)N1CCC2(CCN(C(=O)OC(C)(C)C)CC2)CC1.CC(C)COc1ncccc1CN1CCC2(CC1)CCN(C(=O)OC(C)(C)C)CC2. The highest BCUT2D eigenvalue weighted by Crippen LogP contribution is 2.43. The third kappa shape index (κ3) is 14.5. The van der Waals surface area contributed by atoms with Crippen LogP contribution < -0.4 is 9.47 Å². The number of piperidine rings is 4. The van der Waals surface area contributed by atoms with Gasteiger partial charge in [0.1, 0.15) is 16.8 Å². The highest BCUT2D eigenvalue weighted by Gasteiger charge is 2.41. The third-order valence-electron chi connectivity index (χ3n) is 12.3. The summed E-state index contributed by atoms with van der Waals surface area (Å²) >= 11 is 0. The van der Waals surface area contributed by atoms with Crippen LogP contribution in [0.5, 0.6) is 11.8 Å². The number of aromatic nitrogens is 2. The van der Waals surface area contributed by atoms with Crippen LogP contribution >= 0.6 is 0 Å². The zero-order chi connectivity index (χ0) is 44.4. The summed E-state index contributed by atoms with van der Waals surface area (Å²) in [7, 11) is 0. The van der Waals surface area contributed by atoms with Crippen molar-refractivity contribution in [1.82, 2.24) is 29.6 Å². The number of rotatable bonds is 9. The van der Waals surface area contributed by atoms with Crippen molar-refractivity contribution in [3.8, 4) is 11.8 Å². The summed E-state index contributed by atoms with van der Waals surface area (Å²) in [4.78, 5) is 54.7. The van der Waals surface area contributed by atoms with Crippen LogP contribution in [0.3, 0.4) is 0 Å². The number of carbonyl (C=O) groups excluding carboxylic acids is 3. The standard InChI is InChI=1S/C24H37N3O4.C24H39N3O3/c1-18(2)17-30-20-19(7-6-12-25-20)21(28)26-13-8-24(9-14-26)10-15-27(16-11-24)22(29)31-23(3,4)5;1-19(2)18-29-21-20(7-6-12-25-21)17-26-13-8-24(9-14-26)10-15-27(16-11-24)22(28)30-23(3,4)5/h6-7,12,18H,8-11,13-17H2,1-5H3;6-7,12,19H,8-11,13-18H2,1-5H3. The minimum atomic E-state index is -0.470. The van der Waals surface area contributed by atoms with Crippen LogP contribution in [0.4, 0.5) is 9.59 Å². The minimum absolute atomic E-state index is 0.00658. The summed E-state index contributed by atoms with van der Waals surface area (Å²) in [5.74, 6) is 2.05. The van der Waals surface area contributed by atoms with E-state index in [0.717, 1.165) is 103 Å². The maximum Gasteiger partial charge on any atom is 0.410 e. The molecule has 4 aliphatic rings. The zero-order valence-corrected chi connectivity index (χ0v) is 39.1. The van der Waals surface area contributed by atoms with Crippen LogP contribution in [-0.2, 0) is 16.0 Å². The van der Waals surface area contributed by atoms with Crippen molar-refractivity contribution in [2.75, 3.05) is 65.6 Å². The quantitative estimate of drug-likeness (QED) is 0.241. The Morgan fingerprint density at radius 3 is 1.43 bits per heavy atom. The van der Waals surface area contributed by atoms with Gasteiger partial charge in [-0.1, -0.05) is 33.8 Å². The molecule has 6 rings (SSSR count). The number of hydrogen-bond donors (Lipinski definition) is 0. The molecule has 0 bridgehead atoms. The van der Waals surface area contributed by atoms with Gasteiger partial charge in [0.15, 0.2) is 0 Å². The number of pyridine rings is 2. The van der Waals surface area contributed by atoms with Crippen LogP contribution in [0.2, 0.25) is 0 Å². The lowest BCUT2D eigenvalue weighted by Crippen LogP contribution is -2.50. The first-order valence-corrected chi connectivity index (χ1v) is 22.9. The van der Waals surface area contributed by atoms with E-state index in [4.69, 9.17) is 18.9 Å². The fraction of sp³-hybridized carbons (Fsp3) is 0.729. The van der Waals surface area contributed by atoms with Gasteiger partial charge in [-0.3, -0.25) is 9.69 Å². The summed E-state index contributed by atoms with van der Waals surface area (Å²) in [5.41, 5.74) is 1.40. The van der Waals surface area contributed by atoms with E-state index in [-0.39, 0.29) is 23.5 Å². The van der Waals surface area contributed by atoms with Crippen molar-refractivity contribution in [2.24, 2.45) is 22.7 Å². The summed E-state index contributed by atoms with van der Waals surface area (Å²) in [6.45, 7) is 28.7. The topological polar surface area (TPSA) is 127 Å². The van der Waals surface area contributed by atoms with Crippen LogP contribution in [0.15, 0.2) is 36.7 Å². The van der Waals surface area contributed by atoms with Gasteiger partial charge < -0.3 is 33.6 Å². The molecule has 0 unspecified atom stereocenters. The highest BCUT2D eigenvalue weighted by molar-refractivity contribution is 5.96. The van der Waals surface area contributed by atoms with Crippen molar-refractivity contribution in [2.45, 2.75) is 138 Å². The zero-order valence-electron chi connectivity index (χ0n) is 39.1. The normalized spacial score (nSPS) is 19.4. The number of amides is 3. The number of nitrogens with zero attached hydrogens (tertiary/aromatic N) is 6. The Bertz CT molecular complexity index is 1720. The number of likely N-dealkylation sites (tertiary alicyclic amines) is 4. The fourth-order valence-corrected chi connectivity index (χ4v) is 8.60. The van der Waals surface area contributed by atoms with E-state index < -0.39 is 11.2 Å². The average Bonchev–Trinajstić information content (AvgIpc) is 3.20. The molecular weight excluding hydrogens is 773 g/mol. The van der Waals surface area contributed by atoms with Crippen molar-refractivity contribution < 1.29 is 33.3 Å². The Kier molecular flexibility index (Phi) is 16.4. The molecule has 4 aliphatic heterocycles. The molecule has 0 radical (unpaired) electrons. The van der Waals surface area contributed by atoms with Gasteiger partial charge in [0.2, 0.25) is 11.8 Å². The first-order valence-electron chi connectivity index (χ1n) is 22.9. The second-order valence-corrected chi connectivity index (χ2v) is 20.7. The lowest BCUT2D eigenvalue weighted by molar-refractivity contribution is -0.00364. The minimum Gasteiger partial charge on any atom is -0.477 e. The summed E-state index contributed by atoms with van der Waals surface area (Å²) in [5, 5.41) is 0. The summed E-state index contributed by atoms with van der Waals surface area (Å²) < 4.78 is 22.8. The maximum absolute atomic E-state index is 13.1. The van der Waals surface area contributed by atoms with Gasteiger partial charge in [0, 0.05) is 63.8 Å². The fourth-order valence-electron chi connectivity index (χ4n) is 8.60. The molecular formula is C48H76N6O7. The van der Waals surface area contributed by atoms with Crippen molar-refractivity contribution in [1.29, 1.82) is 0 Å². The van der Waals surface area contributed by atoms with E-state index in [1.165, 1.54) is 18.4 Å². The van der Waals surface area contributed by atoms with Gasteiger partial charge in [-0.05, 0) is 147 Å². The average molecular weight is 849 g/mol. The highest BCUT2D eigenvalue weighted by atomic mass is 16.6. The van der Waals surface area contributed by atoms with Crippen molar-refractivity contribution >= 4 is 18.1 Å². The molecule has 4 fully saturated rings. The Hall–Kier alpha value is -4.13. The van der Waals surface area contributed by atoms with Crippen molar-refractivity contribution in [3.63, 3.8) is 0 Å². The predicted octanol–water partition coefficient (Wildman–Crippen LogP) is 9.10. The van der Waals surface area contributed by atoms with Crippen LogP contribution in [0, 0.1) is 22.7 Å². The van der Waals surface area contributed by atoms with Gasteiger partial charge in [0.25, 0.3) is 5.91 Å². The Morgan fingerprint density at radius 1 is 0.590 bits per heavy atom. The molecule has 2 aromatic heterocycles. The molecule has 13 nitrogen and oxygen atoms in total. The maximum atomic E-state index is 13.1. The second-order valence-electron chi connectivity index (χ2n) is 20.7. The number of hydrogen-bond acceptors (Lipinski definition) is 10. The van der Waals surface area contributed by atoms with E-state index in [0.29, 0.717) is 41.9 Å². The monoisotopic (exact) mass is 849 g/mol. The van der Waals surface area contributed by atoms with E-state index >= 15 is 0 Å². The second kappa shape index (κ2) is 20.8. The summed E-state index contributed by atoms with van der Waals surface area (Å²) in [6.07, 6.45) is 11.5. The first-order chi connectivity index (χ1) is 28.7. The molecule has 0 aromatic carbocycles. The molecule has 340 valence electrons. The lowest BCUT2D eigenvalue weighted by Gasteiger charge is -2.46. The molecule has 6 heterocycles. The van der Waals surface area contributed by atoms with Gasteiger partial charge in [-0.25, -0.2) is 19.6 Å². The predicted molar refractivity (Wildman–Crippen MR) is 238 cm³/mol. The van der Waals surface area contributed by atoms with E-state index in [2.05, 4.69) is 48.6 Å². The Balaban J connectivity index is 0.000000231. The third-order valence-corrected chi connectivity index (χ3v) is 12.3. The molecule has 3 amide bonds. The molecule has 13 heteroatoms. The smallest absolute Gasteiger partial charge is 0.410 e. The number of ether oxygens (including phenoxy) is 4. The van der Waals surface area contributed by atoms with Crippen LogP contribution in [0.1, 0.15) is 137 Å². The van der Waals surface area contributed by atoms with E-state index in [9.17, 15) is 14.4 Å². The molecule has 0 saturated carbocycles. The molecule has 0 atom stereocenters. The Labute approximate surface area is 366 Å². The molecule has 0 N–H and O–H groups in total. The first kappa shape index (κ1) is 47.9. The molecule has 61 heavy (non-hydrogen) atoms.